The minimum atomic E-state index is -4.73. The molecule has 1 unspecified atom stereocenters. The Bertz CT molecular complexity index is 1300. The van der Waals surface area contributed by atoms with E-state index in [2.05, 4.69) is 35.8 Å². The molecule has 4 rings (SSSR count). The summed E-state index contributed by atoms with van der Waals surface area (Å²) in [7, 11) is 0. The number of hydrogen-bond donors (Lipinski definition) is 3. The number of rotatable bonds is 11. The second-order valence-electron chi connectivity index (χ2n) is 7.24. The number of anilines is 1. The Morgan fingerprint density at radius 2 is 2.16 bits per heavy atom. The van der Waals surface area contributed by atoms with Crippen LogP contribution in [0.15, 0.2) is 31.7 Å². The number of thiazole rings is 1. The Balaban J connectivity index is 1.50. The van der Waals surface area contributed by atoms with Crippen LogP contribution >= 0.6 is 46.2 Å². The van der Waals surface area contributed by atoms with Crippen LogP contribution in [-0.4, -0.2) is 90.8 Å². The summed E-state index contributed by atoms with van der Waals surface area (Å²) < 4.78 is 38.2. The molecule has 20 heteroatoms. The van der Waals surface area contributed by atoms with E-state index in [1.165, 1.54) is 45.8 Å². The van der Waals surface area contributed by atoms with Gasteiger partial charge in [-0.3, -0.25) is 19.3 Å². The van der Waals surface area contributed by atoms with E-state index in [4.69, 9.17) is 0 Å². The molecule has 4 heterocycles. The highest BCUT2D eigenvalue weighted by molar-refractivity contribution is 8.01. The van der Waals surface area contributed by atoms with Gasteiger partial charge in [0.2, 0.25) is 13.0 Å². The summed E-state index contributed by atoms with van der Waals surface area (Å²) >= 11 is 4.64. The zero-order valence-electron chi connectivity index (χ0n) is 18.5. The first-order valence-corrected chi connectivity index (χ1v) is 13.9. The number of carboxylic acid groups (broad SMARTS) is 1. The zero-order valence-corrected chi connectivity index (χ0v) is 21.8. The number of alkyl halides is 3. The fourth-order valence-corrected chi connectivity index (χ4v) is 6.88. The van der Waals surface area contributed by atoms with Crippen LogP contribution in [0.25, 0.3) is 0 Å². The summed E-state index contributed by atoms with van der Waals surface area (Å²) in [6.07, 6.45) is -4.41. The van der Waals surface area contributed by atoms with Crippen LogP contribution in [-0.2, 0) is 24.0 Å². The van der Waals surface area contributed by atoms with Gasteiger partial charge in [-0.25, -0.2) is 9.78 Å². The number of β-lactam (4-membered cyclic amide) rings is 1. The lowest BCUT2D eigenvalue weighted by Gasteiger charge is -2.49. The van der Waals surface area contributed by atoms with Crippen molar-refractivity contribution in [3.63, 3.8) is 0 Å². The number of carboxylic acids is 1. The Labute approximate surface area is 226 Å². The van der Waals surface area contributed by atoms with Gasteiger partial charge in [0.25, 0.3) is 11.8 Å². The van der Waals surface area contributed by atoms with Crippen molar-refractivity contribution in [2.24, 2.45) is 5.16 Å². The number of hydrogen-bond acceptors (Lipinski definition) is 13. The Morgan fingerprint density at radius 1 is 1.37 bits per heavy atom. The topological polar surface area (TPSA) is 176 Å². The van der Waals surface area contributed by atoms with Gasteiger partial charge in [0.15, 0.2) is 15.2 Å². The third-order valence-corrected chi connectivity index (χ3v) is 8.83. The van der Waals surface area contributed by atoms with Crippen LogP contribution < -0.4 is 10.6 Å². The number of aromatic nitrogens is 3. The summed E-state index contributed by atoms with van der Waals surface area (Å²) in [6, 6.07) is -1.18. The van der Waals surface area contributed by atoms with Crippen molar-refractivity contribution in [1.29, 1.82) is 0 Å². The van der Waals surface area contributed by atoms with Gasteiger partial charge in [-0.2, -0.15) is 13.2 Å². The SMILES string of the molecule is O=CNc1nc(C(=NOCC(F)(F)F)C(=O)NC2C(=O)N3C(C(=O)O)=C(CSc4nncs4)CS[C@H]23)cs1. The van der Waals surface area contributed by atoms with Gasteiger partial charge in [0.1, 0.15) is 28.3 Å². The van der Waals surface area contributed by atoms with Gasteiger partial charge in [0.05, 0.1) is 0 Å². The van der Waals surface area contributed by atoms with Gasteiger partial charge < -0.3 is 20.6 Å². The molecule has 1 saturated heterocycles. The summed E-state index contributed by atoms with van der Waals surface area (Å²) in [6.45, 7) is -1.79. The average molecular weight is 610 g/mol. The molecule has 2 aromatic rings. The minimum Gasteiger partial charge on any atom is -0.477 e. The third kappa shape index (κ3) is 6.25. The van der Waals surface area contributed by atoms with Crippen LogP contribution in [0.1, 0.15) is 5.69 Å². The maximum atomic E-state index is 13.0. The van der Waals surface area contributed by atoms with Crippen LogP contribution in [0, 0.1) is 0 Å². The molecule has 2 aromatic heterocycles. The van der Waals surface area contributed by atoms with Gasteiger partial charge in [-0.15, -0.1) is 33.3 Å². The monoisotopic (exact) mass is 609 g/mol. The first-order valence-electron chi connectivity index (χ1n) is 10.1. The number of halogens is 3. The Morgan fingerprint density at radius 3 is 2.82 bits per heavy atom. The number of aliphatic carboxylic acids is 1. The molecule has 2 atom stereocenters. The first-order chi connectivity index (χ1) is 18.1. The second-order valence-corrected chi connectivity index (χ2v) is 11.3. The van der Waals surface area contributed by atoms with Crippen molar-refractivity contribution in [2.75, 3.05) is 23.4 Å². The number of amides is 3. The number of thioether (sulfide) groups is 2. The second kappa shape index (κ2) is 11.7. The summed E-state index contributed by atoms with van der Waals surface area (Å²) in [4.78, 5) is 57.7. The molecule has 0 aromatic carbocycles. The van der Waals surface area contributed by atoms with Gasteiger partial charge in [-0.05, 0) is 5.57 Å². The largest absolute Gasteiger partial charge is 0.477 e. The molecule has 1 fully saturated rings. The molecule has 2 aliphatic heterocycles. The average Bonchev–Trinajstić information content (AvgIpc) is 3.55. The van der Waals surface area contributed by atoms with E-state index in [0.717, 1.165) is 16.2 Å². The van der Waals surface area contributed by atoms with Crippen LogP contribution in [0.2, 0.25) is 0 Å². The summed E-state index contributed by atoms with van der Waals surface area (Å²) in [5.41, 5.74) is 0.940. The smallest absolute Gasteiger partial charge is 0.425 e. The molecule has 3 amide bonds. The highest BCUT2D eigenvalue weighted by Gasteiger charge is 2.54. The van der Waals surface area contributed by atoms with E-state index in [1.807, 2.05) is 0 Å². The van der Waals surface area contributed by atoms with E-state index in [9.17, 15) is 37.5 Å². The highest BCUT2D eigenvalue weighted by atomic mass is 32.2. The van der Waals surface area contributed by atoms with E-state index in [1.54, 1.807) is 0 Å². The van der Waals surface area contributed by atoms with Crippen molar-refractivity contribution in [2.45, 2.75) is 21.9 Å². The molecule has 0 radical (unpaired) electrons. The predicted octanol–water partition coefficient (Wildman–Crippen LogP) is 1.38. The van der Waals surface area contributed by atoms with E-state index in [0.29, 0.717) is 16.3 Å². The van der Waals surface area contributed by atoms with Gasteiger partial charge >= 0.3 is 12.1 Å². The number of fused-ring (bicyclic) bond motifs is 1. The Kier molecular flexibility index (Phi) is 8.53. The molecule has 0 spiro atoms. The molecule has 0 aliphatic carbocycles. The van der Waals surface area contributed by atoms with Crippen molar-refractivity contribution in [1.82, 2.24) is 25.4 Å². The van der Waals surface area contributed by atoms with Crippen LogP contribution in [0.5, 0.6) is 0 Å². The van der Waals surface area contributed by atoms with E-state index >= 15 is 0 Å². The van der Waals surface area contributed by atoms with Crippen molar-refractivity contribution < 1.29 is 42.3 Å². The molecule has 0 bridgehead atoms. The molecule has 0 saturated carbocycles. The molecule has 38 heavy (non-hydrogen) atoms. The molecule has 13 nitrogen and oxygen atoms in total. The lowest BCUT2D eigenvalue weighted by molar-refractivity contribution is -0.174. The predicted molar refractivity (Wildman–Crippen MR) is 131 cm³/mol. The first kappa shape index (κ1) is 27.8. The summed E-state index contributed by atoms with van der Waals surface area (Å²) in [5, 5.41) is 25.8. The van der Waals surface area contributed by atoms with Crippen LogP contribution in [0.3, 0.4) is 0 Å². The number of nitrogens with one attached hydrogen (secondary N) is 2. The fourth-order valence-electron chi connectivity index (χ4n) is 3.25. The lowest BCUT2D eigenvalue weighted by atomic mass is 10.0. The molecule has 3 N–H and O–H groups in total. The lowest BCUT2D eigenvalue weighted by Crippen LogP contribution is -2.71. The number of carbonyl (C=O) groups excluding carboxylic acids is 3. The maximum Gasteiger partial charge on any atom is 0.425 e. The maximum absolute atomic E-state index is 13.0. The molecule has 202 valence electrons. The zero-order chi connectivity index (χ0) is 27.4. The standard InChI is InChI=1S/C18H14F3N7O6S4/c19-18(20,21)4-34-27-9(8-3-36-16(24-8)22-5-29)12(30)25-10-13(31)28-11(15(32)33)7(1-35-14(10)28)2-37-17-26-23-6-38-17/h3,5-6,10,14H,1-2,4H2,(H,25,30)(H,32,33)(H,22,24,29)/t10?,14-/m1/s1. The highest BCUT2D eigenvalue weighted by Crippen LogP contribution is 2.41. The van der Waals surface area contributed by atoms with Crippen molar-refractivity contribution in [3.8, 4) is 0 Å². The Hall–Kier alpha value is -3.23. The molecular formula is C18H14F3N7O6S4. The quantitative estimate of drug-likeness (QED) is 0.110. The van der Waals surface area contributed by atoms with Crippen molar-refractivity contribution in [3.05, 3.63) is 27.9 Å². The fraction of sp³-hybridized carbons (Fsp3) is 0.333. The summed E-state index contributed by atoms with van der Waals surface area (Å²) in [5.74, 6) is -2.61. The number of nitrogens with zero attached hydrogens (tertiary/aromatic N) is 5. The normalized spacial score (nSPS) is 19.5. The number of oxime groups is 1. The third-order valence-electron chi connectivity index (χ3n) is 4.77. The van der Waals surface area contributed by atoms with Gasteiger partial charge in [-0.1, -0.05) is 28.3 Å². The van der Waals surface area contributed by atoms with Gasteiger partial charge in [0, 0.05) is 16.9 Å². The van der Waals surface area contributed by atoms with E-state index in [-0.39, 0.29) is 28.0 Å². The van der Waals surface area contributed by atoms with E-state index < -0.39 is 47.7 Å². The molecule has 2 aliphatic rings. The minimum absolute atomic E-state index is 0.0372. The number of carbonyl (C=O) groups is 4. The van der Waals surface area contributed by atoms with Crippen LogP contribution in [0.4, 0.5) is 18.3 Å². The molecular weight excluding hydrogens is 596 g/mol. The van der Waals surface area contributed by atoms with Crippen molar-refractivity contribution >= 4 is 81.2 Å².